The van der Waals surface area contributed by atoms with Crippen molar-refractivity contribution < 1.29 is 14.3 Å². The molecule has 0 bridgehead atoms. The van der Waals surface area contributed by atoms with Crippen LogP contribution in [0.25, 0.3) is 0 Å². The maximum atomic E-state index is 12.6. The summed E-state index contributed by atoms with van der Waals surface area (Å²) in [4.78, 5) is 21.1. The van der Waals surface area contributed by atoms with Gasteiger partial charge < -0.3 is 14.4 Å². The Labute approximate surface area is 147 Å². The molecule has 0 unspecified atom stereocenters. The zero-order chi connectivity index (χ0) is 17.2. The van der Waals surface area contributed by atoms with Crippen LogP contribution in [0.3, 0.4) is 0 Å². The van der Waals surface area contributed by atoms with Gasteiger partial charge in [0.2, 0.25) is 6.79 Å². The van der Waals surface area contributed by atoms with Gasteiger partial charge in [-0.3, -0.25) is 9.69 Å². The normalized spacial score (nSPS) is 16.9. The lowest BCUT2D eigenvalue weighted by atomic mass is 10.1. The number of aryl methyl sites for hydroxylation is 1. The van der Waals surface area contributed by atoms with Crippen molar-refractivity contribution in [1.29, 1.82) is 0 Å². The topological polar surface area (TPSA) is 54.9 Å². The molecule has 1 amide bonds. The fourth-order valence-corrected chi connectivity index (χ4v) is 3.23. The van der Waals surface area contributed by atoms with Gasteiger partial charge in [0, 0.05) is 38.4 Å². The maximum Gasteiger partial charge on any atom is 0.272 e. The number of aromatic nitrogens is 1. The molecule has 1 aromatic carbocycles. The van der Waals surface area contributed by atoms with Gasteiger partial charge in [-0.15, -0.1) is 0 Å². The summed E-state index contributed by atoms with van der Waals surface area (Å²) in [6, 6.07) is 11.6. The van der Waals surface area contributed by atoms with Crippen molar-refractivity contribution in [3.05, 3.63) is 53.3 Å². The lowest BCUT2D eigenvalue weighted by molar-refractivity contribution is 0.0622. The molecule has 0 N–H and O–H groups in total. The third-order valence-corrected chi connectivity index (χ3v) is 4.61. The van der Waals surface area contributed by atoms with Gasteiger partial charge in [0.05, 0.1) is 0 Å². The molecule has 1 fully saturated rings. The van der Waals surface area contributed by atoms with Crippen molar-refractivity contribution in [2.45, 2.75) is 13.5 Å². The van der Waals surface area contributed by atoms with Gasteiger partial charge in [-0.25, -0.2) is 4.98 Å². The lowest BCUT2D eigenvalue weighted by Gasteiger charge is -2.34. The minimum atomic E-state index is 0.0198. The van der Waals surface area contributed by atoms with Crippen LogP contribution in [0.15, 0.2) is 36.4 Å². The largest absolute Gasteiger partial charge is 0.454 e. The van der Waals surface area contributed by atoms with Gasteiger partial charge in [-0.2, -0.15) is 0 Å². The Morgan fingerprint density at radius 2 is 1.88 bits per heavy atom. The monoisotopic (exact) mass is 339 g/mol. The zero-order valence-corrected chi connectivity index (χ0v) is 14.3. The number of amides is 1. The molecule has 2 aliphatic rings. The predicted molar refractivity (Wildman–Crippen MR) is 92.7 cm³/mol. The first-order chi connectivity index (χ1) is 12.2. The molecule has 1 aromatic heterocycles. The minimum Gasteiger partial charge on any atom is -0.454 e. The van der Waals surface area contributed by atoms with Crippen LogP contribution in [-0.4, -0.2) is 53.7 Å². The number of hydrogen-bond acceptors (Lipinski definition) is 5. The highest BCUT2D eigenvalue weighted by Gasteiger charge is 2.23. The standard InChI is InChI=1S/C19H21N3O3/c1-14-3-2-4-16(20-14)19(23)22-9-7-21(8-10-22)12-15-5-6-17-18(11-15)25-13-24-17/h2-6,11H,7-10,12-13H2,1H3. The third kappa shape index (κ3) is 3.44. The Morgan fingerprint density at radius 3 is 2.68 bits per heavy atom. The van der Waals surface area contributed by atoms with Crippen molar-refractivity contribution in [3.8, 4) is 11.5 Å². The van der Waals surface area contributed by atoms with Crippen molar-refractivity contribution in [3.63, 3.8) is 0 Å². The van der Waals surface area contributed by atoms with E-state index in [-0.39, 0.29) is 5.91 Å². The molecular weight excluding hydrogens is 318 g/mol. The third-order valence-electron chi connectivity index (χ3n) is 4.61. The van der Waals surface area contributed by atoms with Crippen LogP contribution in [0.4, 0.5) is 0 Å². The Bertz CT molecular complexity index is 785. The smallest absolute Gasteiger partial charge is 0.272 e. The van der Waals surface area contributed by atoms with Gasteiger partial charge >= 0.3 is 0 Å². The first kappa shape index (κ1) is 15.9. The molecule has 2 aliphatic heterocycles. The first-order valence-electron chi connectivity index (χ1n) is 8.53. The summed E-state index contributed by atoms with van der Waals surface area (Å²) >= 11 is 0. The van der Waals surface area contributed by atoms with Gasteiger partial charge in [0.15, 0.2) is 11.5 Å². The molecule has 130 valence electrons. The van der Waals surface area contributed by atoms with Crippen LogP contribution in [0.1, 0.15) is 21.7 Å². The quantitative estimate of drug-likeness (QED) is 0.857. The van der Waals surface area contributed by atoms with Gasteiger partial charge in [0.25, 0.3) is 5.91 Å². The molecule has 6 heteroatoms. The van der Waals surface area contributed by atoms with Crippen molar-refractivity contribution in [2.75, 3.05) is 33.0 Å². The van der Waals surface area contributed by atoms with Crippen LogP contribution < -0.4 is 9.47 Å². The van der Waals surface area contributed by atoms with Crippen molar-refractivity contribution in [1.82, 2.24) is 14.8 Å². The molecule has 4 rings (SSSR count). The number of hydrogen-bond donors (Lipinski definition) is 0. The highest BCUT2D eigenvalue weighted by Crippen LogP contribution is 2.32. The number of carbonyl (C=O) groups excluding carboxylic acids is 1. The summed E-state index contributed by atoms with van der Waals surface area (Å²) in [5.74, 6) is 1.65. The highest BCUT2D eigenvalue weighted by molar-refractivity contribution is 5.92. The van der Waals surface area contributed by atoms with Gasteiger partial charge in [-0.1, -0.05) is 12.1 Å². The molecule has 25 heavy (non-hydrogen) atoms. The average Bonchev–Trinajstić information content (AvgIpc) is 3.09. The van der Waals surface area contributed by atoms with Crippen LogP contribution in [-0.2, 0) is 6.54 Å². The van der Waals surface area contributed by atoms with Gasteiger partial charge in [0.1, 0.15) is 5.69 Å². The van der Waals surface area contributed by atoms with Crippen LogP contribution in [0.5, 0.6) is 11.5 Å². The summed E-state index contributed by atoms with van der Waals surface area (Å²) < 4.78 is 10.8. The number of benzene rings is 1. The molecule has 1 saturated heterocycles. The molecule has 0 saturated carbocycles. The van der Waals surface area contributed by atoms with E-state index in [9.17, 15) is 4.79 Å². The molecule has 0 atom stereocenters. The second-order valence-electron chi connectivity index (χ2n) is 6.42. The van der Waals surface area contributed by atoms with Crippen molar-refractivity contribution in [2.24, 2.45) is 0 Å². The summed E-state index contributed by atoms with van der Waals surface area (Å²) in [6.45, 7) is 6.20. The second-order valence-corrected chi connectivity index (χ2v) is 6.42. The van der Waals surface area contributed by atoms with E-state index in [1.807, 2.05) is 36.1 Å². The van der Waals surface area contributed by atoms with E-state index in [0.717, 1.165) is 49.9 Å². The van der Waals surface area contributed by atoms with E-state index in [0.29, 0.717) is 12.5 Å². The van der Waals surface area contributed by atoms with E-state index < -0.39 is 0 Å². The fourth-order valence-electron chi connectivity index (χ4n) is 3.23. The Kier molecular flexibility index (Phi) is 4.28. The van der Waals surface area contributed by atoms with E-state index in [1.165, 1.54) is 5.56 Å². The molecule has 6 nitrogen and oxygen atoms in total. The minimum absolute atomic E-state index is 0.0198. The second kappa shape index (κ2) is 6.72. The molecule has 3 heterocycles. The number of ether oxygens (including phenoxy) is 2. The number of fused-ring (bicyclic) bond motifs is 1. The number of pyridine rings is 1. The van der Waals surface area contributed by atoms with E-state index in [2.05, 4.69) is 16.0 Å². The average molecular weight is 339 g/mol. The van der Waals surface area contributed by atoms with Crippen LogP contribution in [0, 0.1) is 6.92 Å². The Morgan fingerprint density at radius 1 is 1.08 bits per heavy atom. The first-order valence-corrected chi connectivity index (χ1v) is 8.53. The maximum absolute atomic E-state index is 12.6. The number of nitrogens with zero attached hydrogens (tertiary/aromatic N) is 3. The Balaban J connectivity index is 1.34. The molecule has 2 aromatic rings. The van der Waals surface area contributed by atoms with Crippen LogP contribution in [0.2, 0.25) is 0 Å². The summed E-state index contributed by atoms with van der Waals surface area (Å²) in [5, 5.41) is 0. The van der Waals surface area contributed by atoms with Gasteiger partial charge in [-0.05, 0) is 36.8 Å². The van der Waals surface area contributed by atoms with E-state index in [1.54, 1.807) is 6.07 Å². The van der Waals surface area contributed by atoms with E-state index in [4.69, 9.17) is 9.47 Å². The Hall–Kier alpha value is -2.60. The molecular formula is C19H21N3O3. The highest BCUT2D eigenvalue weighted by atomic mass is 16.7. The van der Waals surface area contributed by atoms with Crippen molar-refractivity contribution >= 4 is 5.91 Å². The van der Waals surface area contributed by atoms with Crippen LogP contribution >= 0.6 is 0 Å². The van der Waals surface area contributed by atoms with E-state index >= 15 is 0 Å². The summed E-state index contributed by atoms with van der Waals surface area (Å²) in [5.41, 5.74) is 2.60. The molecule has 0 spiro atoms. The number of rotatable bonds is 3. The summed E-state index contributed by atoms with van der Waals surface area (Å²) in [6.07, 6.45) is 0. The molecule has 0 radical (unpaired) electrons. The lowest BCUT2D eigenvalue weighted by Crippen LogP contribution is -2.48. The molecule has 0 aliphatic carbocycles. The summed E-state index contributed by atoms with van der Waals surface area (Å²) in [7, 11) is 0. The SMILES string of the molecule is Cc1cccc(C(=O)N2CCN(Cc3ccc4c(c3)OCO4)CC2)n1. The zero-order valence-electron chi connectivity index (χ0n) is 14.3. The fraction of sp³-hybridized carbons (Fsp3) is 0.368. The predicted octanol–water partition coefficient (Wildman–Crippen LogP) is 2.08. The number of carbonyl (C=O) groups is 1. The number of piperazine rings is 1.